The van der Waals surface area contributed by atoms with Crippen LogP contribution in [0.5, 0.6) is 0 Å². The molecule has 2 amide bonds. The van der Waals surface area contributed by atoms with Gasteiger partial charge in [0.2, 0.25) is 5.91 Å². The van der Waals surface area contributed by atoms with Gasteiger partial charge >= 0.3 is 0 Å². The van der Waals surface area contributed by atoms with Crippen molar-refractivity contribution >= 4 is 28.2 Å². The number of nitrogens with one attached hydrogen (secondary N) is 2. The standard InChI is InChI=1S/C15H14N2O2S/c18-12(7-6-10-4-2-1-3-5-10)17-13-8-11-9-16-15(19)14(11)20-13/h1-5,8H,6-7,9H2,(H,16,19)(H,17,18). The fourth-order valence-corrected chi connectivity index (χ4v) is 3.19. The van der Waals surface area contributed by atoms with Gasteiger partial charge in [-0.05, 0) is 23.6 Å². The lowest BCUT2D eigenvalue weighted by Gasteiger charge is -2.03. The molecule has 2 heterocycles. The van der Waals surface area contributed by atoms with Gasteiger partial charge in [0.05, 0.1) is 9.88 Å². The predicted molar refractivity (Wildman–Crippen MR) is 78.9 cm³/mol. The maximum atomic E-state index is 11.9. The first-order chi connectivity index (χ1) is 9.72. The van der Waals surface area contributed by atoms with Crippen molar-refractivity contribution in [1.82, 2.24) is 5.32 Å². The zero-order valence-electron chi connectivity index (χ0n) is 10.8. The van der Waals surface area contributed by atoms with E-state index in [0.717, 1.165) is 22.5 Å². The second-order valence-electron chi connectivity index (χ2n) is 4.68. The SMILES string of the molecule is O=C(CCc1ccccc1)Nc1cc2c(s1)C(=O)NC2. The molecule has 0 bridgehead atoms. The molecule has 4 nitrogen and oxygen atoms in total. The molecule has 1 aromatic heterocycles. The molecule has 0 saturated carbocycles. The Kier molecular flexibility index (Phi) is 3.52. The van der Waals surface area contributed by atoms with Crippen LogP contribution < -0.4 is 10.6 Å². The first kappa shape index (κ1) is 12.9. The van der Waals surface area contributed by atoms with Crippen LogP contribution in [0.1, 0.15) is 27.2 Å². The first-order valence-corrected chi connectivity index (χ1v) is 7.29. The molecule has 5 heteroatoms. The smallest absolute Gasteiger partial charge is 0.262 e. The summed E-state index contributed by atoms with van der Waals surface area (Å²) in [5.41, 5.74) is 2.12. The number of carbonyl (C=O) groups excluding carboxylic acids is 2. The average Bonchev–Trinajstić information content (AvgIpc) is 3.00. The first-order valence-electron chi connectivity index (χ1n) is 6.47. The van der Waals surface area contributed by atoms with Crippen LogP contribution in [-0.2, 0) is 17.8 Å². The van der Waals surface area contributed by atoms with E-state index in [1.807, 2.05) is 36.4 Å². The molecule has 1 aromatic carbocycles. The second-order valence-corrected chi connectivity index (χ2v) is 5.73. The molecule has 0 spiro atoms. The molecule has 0 fully saturated rings. The van der Waals surface area contributed by atoms with Gasteiger partial charge in [0.15, 0.2) is 0 Å². The zero-order chi connectivity index (χ0) is 13.9. The third-order valence-corrected chi connectivity index (χ3v) is 4.29. The van der Waals surface area contributed by atoms with E-state index in [4.69, 9.17) is 0 Å². The molecule has 2 N–H and O–H groups in total. The molecule has 0 saturated heterocycles. The Bertz CT molecular complexity index is 649. The largest absolute Gasteiger partial charge is 0.347 e. The molecule has 0 atom stereocenters. The normalized spacial score (nSPS) is 12.9. The molecule has 0 unspecified atom stereocenters. The number of rotatable bonds is 4. The van der Waals surface area contributed by atoms with Crippen LogP contribution in [0.4, 0.5) is 5.00 Å². The van der Waals surface area contributed by atoms with Gasteiger partial charge in [-0.3, -0.25) is 9.59 Å². The van der Waals surface area contributed by atoms with Crippen molar-refractivity contribution in [2.75, 3.05) is 5.32 Å². The number of hydrogen-bond acceptors (Lipinski definition) is 3. The lowest BCUT2D eigenvalue weighted by Crippen LogP contribution is -2.13. The minimum absolute atomic E-state index is 0.0193. The summed E-state index contributed by atoms with van der Waals surface area (Å²) in [6.07, 6.45) is 1.16. The highest BCUT2D eigenvalue weighted by Gasteiger charge is 2.22. The Labute approximate surface area is 120 Å². The van der Waals surface area contributed by atoms with Gasteiger partial charge in [-0.2, -0.15) is 0 Å². The van der Waals surface area contributed by atoms with Crippen LogP contribution in [0, 0.1) is 0 Å². The van der Waals surface area contributed by atoms with Gasteiger partial charge in [-0.25, -0.2) is 0 Å². The molecule has 1 aliphatic heterocycles. The van der Waals surface area contributed by atoms with Crippen molar-refractivity contribution in [3.05, 3.63) is 52.4 Å². The number of fused-ring (bicyclic) bond motifs is 1. The molecular weight excluding hydrogens is 272 g/mol. The molecule has 0 radical (unpaired) electrons. The highest BCUT2D eigenvalue weighted by Crippen LogP contribution is 2.30. The maximum absolute atomic E-state index is 11.9. The molecule has 0 aliphatic carbocycles. The van der Waals surface area contributed by atoms with Crippen LogP contribution in [0.2, 0.25) is 0 Å². The fraction of sp³-hybridized carbons (Fsp3) is 0.200. The van der Waals surface area contributed by atoms with Gasteiger partial charge in [0.25, 0.3) is 5.91 Å². The van der Waals surface area contributed by atoms with E-state index >= 15 is 0 Å². The Morgan fingerprint density at radius 3 is 2.85 bits per heavy atom. The van der Waals surface area contributed by atoms with Gasteiger partial charge < -0.3 is 10.6 Å². The average molecular weight is 286 g/mol. The van der Waals surface area contributed by atoms with E-state index in [9.17, 15) is 9.59 Å². The quantitative estimate of drug-likeness (QED) is 0.907. The number of anilines is 1. The number of benzene rings is 1. The van der Waals surface area contributed by atoms with Crippen LogP contribution in [0.15, 0.2) is 36.4 Å². The van der Waals surface area contributed by atoms with Gasteiger partial charge in [-0.1, -0.05) is 30.3 Å². The topological polar surface area (TPSA) is 58.2 Å². The van der Waals surface area contributed by atoms with Crippen molar-refractivity contribution in [3.63, 3.8) is 0 Å². The predicted octanol–water partition coefficient (Wildman–Crippen LogP) is 2.56. The van der Waals surface area contributed by atoms with Crippen molar-refractivity contribution in [2.24, 2.45) is 0 Å². The Morgan fingerprint density at radius 2 is 2.10 bits per heavy atom. The van der Waals surface area contributed by atoms with Crippen molar-refractivity contribution < 1.29 is 9.59 Å². The van der Waals surface area contributed by atoms with E-state index in [0.29, 0.717) is 17.8 Å². The summed E-state index contributed by atoms with van der Waals surface area (Å²) < 4.78 is 0. The van der Waals surface area contributed by atoms with E-state index in [-0.39, 0.29) is 11.8 Å². The summed E-state index contributed by atoms with van der Waals surface area (Å²) >= 11 is 1.34. The number of hydrogen-bond donors (Lipinski definition) is 2. The molecule has 3 rings (SSSR count). The minimum atomic E-state index is -0.0465. The van der Waals surface area contributed by atoms with Crippen LogP contribution >= 0.6 is 11.3 Å². The zero-order valence-corrected chi connectivity index (χ0v) is 11.6. The Hall–Kier alpha value is -2.14. The summed E-state index contributed by atoms with van der Waals surface area (Å²) in [5, 5.41) is 6.37. The third kappa shape index (κ3) is 2.72. The number of thiophene rings is 1. The lowest BCUT2D eigenvalue weighted by molar-refractivity contribution is -0.116. The fourth-order valence-electron chi connectivity index (χ4n) is 2.17. The van der Waals surface area contributed by atoms with Crippen molar-refractivity contribution in [1.29, 1.82) is 0 Å². The summed E-state index contributed by atoms with van der Waals surface area (Å²) in [4.78, 5) is 24.1. The van der Waals surface area contributed by atoms with E-state index in [2.05, 4.69) is 10.6 Å². The van der Waals surface area contributed by atoms with Gasteiger partial charge in [-0.15, -0.1) is 11.3 Å². The van der Waals surface area contributed by atoms with Crippen LogP contribution in [0.3, 0.4) is 0 Å². The van der Waals surface area contributed by atoms with Crippen molar-refractivity contribution in [3.8, 4) is 0 Å². The number of amides is 2. The third-order valence-electron chi connectivity index (χ3n) is 3.20. The van der Waals surface area contributed by atoms with Gasteiger partial charge in [0.1, 0.15) is 0 Å². The Balaban J connectivity index is 1.57. The molecule has 1 aliphatic rings. The van der Waals surface area contributed by atoms with E-state index in [1.165, 1.54) is 11.3 Å². The van der Waals surface area contributed by atoms with Crippen molar-refractivity contribution in [2.45, 2.75) is 19.4 Å². The maximum Gasteiger partial charge on any atom is 0.262 e. The number of aryl methyl sites for hydroxylation is 1. The number of carbonyl (C=O) groups is 2. The Morgan fingerprint density at radius 1 is 1.30 bits per heavy atom. The molecular formula is C15H14N2O2S. The summed E-state index contributed by atoms with van der Waals surface area (Å²) in [6, 6.07) is 11.8. The van der Waals surface area contributed by atoms with E-state index in [1.54, 1.807) is 0 Å². The lowest BCUT2D eigenvalue weighted by atomic mass is 10.1. The molecule has 102 valence electrons. The summed E-state index contributed by atoms with van der Waals surface area (Å²) in [6.45, 7) is 0.560. The van der Waals surface area contributed by atoms with Crippen LogP contribution in [0.25, 0.3) is 0 Å². The highest BCUT2D eigenvalue weighted by molar-refractivity contribution is 7.18. The molecule has 20 heavy (non-hydrogen) atoms. The van der Waals surface area contributed by atoms with Crippen LogP contribution in [-0.4, -0.2) is 11.8 Å². The highest BCUT2D eigenvalue weighted by atomic mass is 32.1. The van der Waals surface area contributed by atoms with E-state index < -0.39 is 0 Å². The monoisotopic (exact) mass is 286 g/mol. The summed E-state index contributed by atoms with van der Waals surface area (Å²) in [7, 11) is 0. The second kappa shape index (κ2) is 5.46. The van der Waals surface area contributed by atoms with Gasteiger partial charge in [0, 0.05) is 13.0 Å². The molecule has 2 aromatic rings. The summed E-state index contributed by atoms with van der Waals surface area (Å²) in [5.74, 6) is -0.0658. The minimum Gasteiger partial charge on any atom is -0.347 e.